The molecule has 0 amide bonds. The fourth-order valence-electron chi connectivity index (χ4n) is 1.91. The molecule has 3 rings (SSSR count). The molecule has 0 unspecified atom stereocenters. The Balaban J connectivity index is 1.73. The van der Waals surface area contributed by atoms with E-state index < -0.39 is 11.6 Å². The lowest BCUT2D eigenvalue weighted by Crippen LogP contribution is -2.00. The molecule has 0 aliphatic carbocycles. The van der Waals surface area contributed by atoms with Gasteiger partial charge in [-0.15, -0.1) is 10.2 Å². The Kier molecular flexibility index (Phi) is 3.59. The van der Waals surface area contributed by atoms with E-state index in [9.17, 15) is 8.78 Å². The molecule has 1 aromatic heterocycles. The summed E-state index contributed by atoms with van der Waals surface area (Å²) in [6, 6.07) is 11.2. The first-order valence-corrected chi connectivity index (χ1v) is 6.27. The predicted molar refractivity (Wildman–Crippen MR) is 73.4 cm³/mol. The molecule has 3 aromatic rings. The zero-order chi connectivity index (χ0) is 14.7. The standard InChI is InChI=1S/C15H11F2N3O/c16-13-5-4-10(6-14(13)17)8-18-12-3-1-2-11(7-12)15-20-19-9-21-15/h1-7,9,18H,8H2. The molecule has 2 aromatic carbocycles. The lowest BCUT2D eigenvalue weighted by atomic mass is 10.1. The van der Waals surface area contributed by atoms with Crippen LogP contribution in [-0.2, 0) is 6.54 Å². The molecule has 0 saturated carbocycles. The highest BCUT2D eigenvalue weighted by Crippen LogP contribution is 2.21. The molecule has 0 bridgehead atoms. The SMILES string of the molecule is Fc1ccc(CNc2cccc(-c3nnco3)c2)cc1F. The Hall–Kier alpha value is -2.76. The Bertz CT molecular complexity index is 744. The minimum atomic E-state index is -0.853. The van der Waals surface area contributed by atoms with Gasteiger partial charge >= 0.3 is 0 Å². The second-order valence-corrected chi connectivity index (χ2v) is 4.43. The molecule has 0 aliphatic rings. The third-order valence-corrected chi connectivity index (χ3v) is 2.95. The van der Waals surface area contributed by atoms with Gasteiger partial charge in [-0.3, -0.25) is 0 Å². The topological polar surface area (TPSA) is 51.0 Å². The summed E-state index contributed by atoms with van der Waals surface area (Å²) in [6.07, 6.45) is 1.26. The molecule has 4 nitrogen and oxygen atoms in total. The Labute approximate surface area is 119 Å². The summed E-state index contributed by atoms with van der Waals surface area (Å²) < 4.78 is 31.1. The monoisotopic (exact) mass is 287 g/mol. The maximum Gasteiger partial charge on any atom is 0.247 e. The van der Waals surface area contributed by atoms with Crippen molar-refractivity contribution in [2.75, 3.05) is 5.32 Å². The first-order chi connectivity index (χ1) is 10.2. The van der Waals surface area contributed by atoms with Crippen molar-refractivity contribution in [1.29, 1.82) is 0 Å². The van der Waals surface area contributed by atoms with Gasteiger partial charge in [0.2, 0.25) is 12.3 Å². The molecule has 0 radical (unpaired) electrons. The van der Waals surface area contributed by atoms with E-state index in [0.29, 0.717) is 18.0 Å². The molecule has 1 heterocycles. The molecule has 1 N–H and O–H groups in total. The van der Waals surface area contributed by atoms with E-state index in [4.69, 9.17) is 4.42 Å². The van der Waals surface area contributed by atoms with Gasteiger partial charge in [0.05, 0.1) is 0 Å². The molecule has 0 saturated heterocycles. The smallest absolute Gasteiger partial charge is 0.247 e. The van der Waals surface area contributed by atoms with Crippen LogP contribution in [0.2, 0.25) is 0 Å². The summed E-state index contributed by atoms with van der Waals surface area (Å²) in [4.78, 5) is 0. The minimum Gasteiger partial charge on any atom is -0.423 e. The fraction of sp³-hybridized carbons (Fsp3) is 0.0667. The van der Waals surface area contributed by atoms with Gasteiger partial charge in [0.15, 0.2) is 11.6 Å². The van der Waals surface area contributed by atoms with Crippen molar-refractivity contribution in [3.05, 3.63) is 66.1 Å². The van der Waals surface area contributed by atoms with Crippen molar-refractivity contribution < 1.29 is 13.2 Å². The Morgan fingerprint density at radius 1 is 1.05 bits per heavy atom. The third-order valence-electron chi connectivity index (χ3n) is 2.95. The molecular formula is C15H11F2N3O. The number of nitrogens with zero attached hydrogens (tertiary/aromatic N) is 2. The van der Waals surface area contributed by atoms with Crippen molar-refractivity contribution in [3.63, 3.8) is 0 Å². The molecule has 0 aliphatic heterocycles. The van der Waals surface area contributed by atoms with Gasteiger partial charge in [0.1, 0.15) is 0 Å². The summed E-state index contributed by atoms with van der Waals surface area (Å²) in [5.74, 6) is -1.28. The van der Waals surface area contributed by atoms with Crippen LogP contribution < -0.4 is 5.32 Å². The molecule has 0 spiro atoms. The maximum absolute atomic E-state index is 13.1. The highest BCUT2D eigenvalue weighted by atomic mass is 19.2. The number of hydrogen-bond acceptors (Lipinski definition) is 4. The normalized spacial score (nSPS) is 10.6. The molecule has 21 heavy (non-hydrogen) atoms. The predicted octanol–water partition coefficient (Wildman–Crippen LogP) is 3.63. The van der Waals surface area contributed by atoms with E-state index in [2.05, 4.69) is 15.5 Å². The van der Waals surface area contributed by atoms with Crippen LogP contribution in [0.4, 0.5) is 14.5 Å². The van der Waals surface area contributed by atoms with Crippen molar-refractivity contribution in [2.24, 2.45) is 0 Å². The van der Waals surface area contributed by atoms with Crippen molar-refractivity contribution in [2.45, 2.75) is 6.54 Å². The number of nitrogens with one attached hydrogen (secondary N) is 1. The van der Waals surface area contributed by atoms with Crippen LogP contribution in [0.25, 0.3) is 11.5 Å². The summed E-state index contributed by atoms with van der Waals surface area (Å²) >= 11 is 0. The quantitative estimate of drug-likeness (QED) is 0.796. The number of anilines is 1. The number of halogens is 2. The summed E-state index contributed by atoms with van der Waals surface area (Å²) in [7, 11) is 0. The molecule has 0 atom stereocenters. The zero-order valence-corrected chi connectivity index (χ0v) is 10.9. The number of aromatic nitrogens is 2. The lowest BCUT2D eigenvalue weighted by molar-refractivity contribution is 0.507. The van der Waals surface area contributed by atoms with Gasteiger partial charge in [0.25, 0.3) is 0 Å². The van der Waals surface area contributed by atoms with E-state index in [0.717, 1.165) is 17.3 Å². The number of hydrogen-bond donors (Lipinski definition) is 1. The van der Waals surface area contributed by atoms with Gasteiger partial charge in [0, 0.05) is 17.8 Å². The van der Waals surface area contributed by atoms with E-state index in [-0.39, 0.29) is 0 Å². The van der Waals surface area contributed by atoms with Crippen LogP contribution in [0.5, 0.6) is 0 Å². The number of rotatable bonds is 4. The second kappa shape index (κ2) is 5.70. The van der Waals surface area contributed by atoms with Crippen molar-refractivity contribution in [1.82, 2.24) is 10.2 Å². The summed E-state index contributed by atoms with van der Waals surface area (Å²) in [5.41, 5.74) is 2.25. The van der Waals surface area contributed by atoms with Gasteiger partial charge in [-0.25, -0.2) is 8.78 Å². The minimum absolute atomic E-state index is 0.379. The van der Waals surface area contributed by atoms with Crippen LogP contribution in [-0.4, -0.2) is 10.2 Å². The van der Waals surface area contributed by atoms with Gasteiger partial charge in [-0.2, -0.15) is 0 Å². The van der Waals surface area contributed by atoms with Crippen LogP contribution in [0.1, 0.15) is 5.56 Å². The van der Waals surface area contributed by atoms with Crippen LogP contribution >= 0.6 is 0 Å². The third kappa shape index (κ3) is 3.05. The van der Waals surface area contributed by atoms with Crippen LogP contribution in [0.15, 0.2) is 53.3 Å². The fourth-order valence-corrected chi connectivity index (χ4v) is 1.91. The maximum atomic E-state index is 13.1. The van der Waals surface area contributed by atoms with E-state index >= 15 is 0 Å². The van der Waals surface area contributed by atoms with Crippen LogP contribution in [0, 0.1) is 11.6 Å². The lowest BCUT2D eigenvalue weighted by Gasteiger charge is -2.07. The van der Waals surface area contributed by atoms with Crippen molar-refractivity contribution >= 4 is 5.69 Å². The largest absolute Gasteiger partial charge is 0.423 e. The average molecular weight is 287 g/mol. The van der Waals surface area contributed by atoms with E-state index in [1.54, 1.807) is 0 Å². The highest BCUT2D eigenvalue weighted by Gasteiger charge is 2.05. The summed E-state index contributed by atoms with van der Waals surface area (Å²) in [6.45, 7) is 0.379. The van der Waals surface area contributed by atoms with E-state index in [1.165, 1.54) is 18.5 Å². The molecule has 106 valence electrons. The molecule has 0 fully saturated rings. The zero-order valence-electron chi connectivity index (χ0n) is 10.9. The Morgan fingerprint density at radius 2 is 1.95 bits per heavy atom. The second-order valence-electron chi connectivity index (χ2n) is 4.43. The van der Waals surface area contributed by atoms with Crippen molar-refractivity contribution in [3.8, 4) is 11.5 Å². The number of benzene rings is 2. The van der Waals surface area contributed by atoms with E-state index in [1.807, 2.05) is 24.3 Å². The molecular weight excluding hydrogens is 276 g/mol. The van der Waals surface area contributed by atoms with Gasteiger partial charge in [-0.1, -0.05) is 12.1 Å². The first-order valence-electron chi connectivity index (χ1n) is 6.27. The molecule has 6 heteroatoms. The highest BCUT2D eigenvalue weighted by molar-refractivity contribution is 5.60. The van der Waals surface area contributed by atoms with Gasteiger partial charge in [-0.05, 0) is 35.9 Å². The average Bonchev–Trinajstić information content (AvgIpc) is 3.03. The van der Waals surface area contributed by atoms with Gasteiger partial charge < -0.3 is 9.73 Å². The first kappa shape index (κ1) is 13.2. The Morgan fingerprint density at radius 3 is 2.71 bits per heavy atom. The summed E-state index contributed by atoms with van der Waals surface area (Å²) in [5, 5.41) is 10.6. The van der Waals surface area contributed by atoms with Crippen LogP contribution in [0.3, 0.4) is 0 Å².